The quantitative estimate of drug-likeness (QED) is 0.468. The maximum Gasteiger partial charge on any atom is 0.237 e. The van der Waals surface area contributed by atoms with Crippen LogP contribution in [0.15, 0.2) is 36.7 Å². The van der Waals surface area contributed by atoms with E-state index in [0.29, 0.717) is 23.1 Å². The van der Waals surface area contributed by atoms with Gasteiger partial charge in [-0.2, -0.15) is 0 Å². The fourth-order valence-corrected chi connectivity index (χ4v) is 3.51. The Labute approximate surface area is 182 Å². The summed E-state index contributed by atoms with van der Waals surface area (Å²) in [5, 5.41) is 8.16. The van der Waals surface area contributed by atoms with Crippen molar-refractivity contribution in [2.24, 2.45) is 0 Å². The van der Waals surface area contributed by atoms with Crippen LogP contribution in [0.2, 0.25) is 0 Å². The van der Waals surface area contributed by atoms with Crippen LogP contribution in [0.1, 0.15) is 18.3 Å². The first-order valence-electron chi connectivity index (χ1n) is 9.49. The van der Waals surface area contributed by atoms with Crippen molar-refractivity contribution in [2.45, 2.75) is 20.8 Å². The number of nitrogens with zero attached hydrogens (tertiary/aromatic N) is 5. The van der Waals surface area contributed by atoms with Crippen LogP contribution < -0.4 is 9.46 Å². The SMILES string of the molecule is CCS(=O)(=O)Nc1ncc(Oc2ccc(F)cc2F)c(-c2cc(C)c3nnc(C)n3c2)n1. The van der Waals surface area contributed by atoms with Crippen molar-refractivity contribution in [3.63, 3.8) is 0 Å². The van der Waals surface area contributed by atoms with Gasteiger partial charge in [0.2, 0.25) is 16.0 Å². The Bertz CT molecular complexity index is 1440. The van der Waals surface area contributed by atoms with Crippen molar-refractivity contribution >= 4 is 21.6 Å². The van der Waals surface area contributed by atoms with Gasteiger partial charge in [0.1, 0.15) is 17.3 Å². The minimum atomic E-state index is -3.64. The summed E-state index contributed by atoms with van der Waals surface area (Å²) in [6.45, 7) is 5.08. The van der Waals surface area contributed by atoms with Crippen LogP contribution in [0.25, 0.3) is 16.9 Å². The predicted molar refractivity (Wildman–Crippen MR) is 113 cm³/mol. The number of sulfonamides is 1. The number of anilines is 1. The fourth-order valence-electron chi connectivity index (χ4n) is 2.99. The van der Waals surface area contributed by atoms with Gasteiger partial charge in [0.25, 0.3) is 0 Å². The van der Waals surface area contributed by atoms with Crippen LogP contribution in [-0.4, -0.2) is 38.7 Å². The number of hydrogen-bond acceptors (Lipinski definition) is 7. The minimum Gasteiger partial charge on any atom is -0.450 e. The monoisotopic (exact) mass is 460 g/mol. The van der Waals surface area contributed by atoms with E-state index in [0.717, 1.165) is 17.7 Å². The number of benzene rings is 1. The molecule has 166 valence electrons. The summed E-state index contributed by atoms with van der Waals surface area (Å²) in [6.07, 6.45) is 2.92. The van der Waals surface area contributed by atoms with Gasteiger partial charge in [-0.15, -0.1) is 10.2 Å². The molecule has 0 aliphatic carbocycles. The van der Waals surface area contributed by atoms with E-state index in [4.69, 9.17) is 4.74 Å². The number of aromatic nitrogens is 5. The van der Waals surface area contributed by atoms with Gasteiger partial charge >= 0.3 is 0 Å². The number of fused-ring (bicyclic) bond motifs is 1. The topological polar surface area (TPSA) is 111 Å². The lowest BCUT2D eigenvalue weighted by Crippen LogP contribution is -2.17. The molecule has 0 aliphatic heterocycles. The van der Waals surface area contributed by atoms with Crippen molar-refractivity contribution in [1.82, 2.24) is 24.6 Å². The van der Waals surface area contributed by atoms with Gasteiger partial charge in [-0.1, -0.05) is 0 Å². The summed E-state index contributed by atoms with van der Waals surface area (Å²) in [4.78, 5) is 8.28. The zero-order valence-corrected chi connectivity index (χ0v) is 18.1. The van der Waals surface area contributed by atoms with Gasteiger partial charge in [-0.05, 0) is 44.5 Å². The molecule has 0 atom stereocenters. The molecule has 1 aromatic carbocycles. The van der Waals surface area contributed by atoms with Crippen LogP contribution in [0.4, 0.5) is 14.7 Å². The van der Waals surface area contributed by atoms with E-state index in [9.17, 15) is 17.2 Å². The molecule has 0 amide bonds. The first-order valence-corrected chi connectivity index (χ1v) is 11.1. The van der Waals surface area contributed by atoms with E-state index in [1.54, 1.807) is 23.6 Å². The molecule has 0 saturated heterocycles. The number of hydrogen-bond donors (Lipinski definition) is 1. The number of halogens is 2. The maximum absolute atomic E-state index is 14.2. The molecule has 9 nitrogen and oxygen atoms in total. The van der Waals surface area contributed by atoms with Gasteiger partial charge in [0.05, 0.1) is 11.9 Å². The van der Waals surface area contributed by atoms with E-state index in [2.05, 4.69) is 24.9 Å². The second kappa shape index (κ2) is 8.11. The molecule has 12 heteroatoms. The van der Waals surface area contributed by atoms with Crippen molar-refractivity contribution in [1.29, 1.82) is 0 Å². The Hall–Kier alpha value is -3.67. The molecule has 0 saturated carbocycles. The van der Waals surface area contributed by atoms with E-state index < -0.39 is 21.7 Å². The highest BCUT2D eigenvalue weighted by Crippen LogP contribution is 2.34. The number of ether oxygens (including phenoxy) is 1. The highest BCUT2D eigenvalue weighted by Gasteiger charge is 2.18. The van der Waals surface area contributed by atoms with Gasteiger partial charge < -0.3 is 4.74 Å². The van der Waals surface area contributed by atoms with E-state index >= 15 is 0 Å². The largest absolute Gasteiger partial charge is 0.450 e. The third-order valence-corrected chi connectivity index (χ3v) is 5.88. The molecule has 0 radical (unpaired) electrons. The fraction of sp³-hybridized carbons (Fsp3) is 0.200. The maximum atomic E-state index is 14.2. The first kappa shape index (κ1) is 21.6. The van der Waals surface area contributed by atoms with Crippen molar-refractivity contribution < 1.29 is 21.9 Å². The highest BCUT2D eigenvalue weighted by atomic mass is 32.2. The van der Waals surface area contributed by atoms with Crippen LogP contribution in [-0.2, 0) is 10.0 Å². The van der Waals surface area contributed by atoms with Crippen LogP contribution >= 0.6 is 0 Å². The average molecular weight is 460 g/mol. The molecule has 0 fully saturated rings. The standard InChI is InChI=1S/C20H18F2N6O3S/c1-4-32(29,30)27-20-23-9-17(31-16-6-5-14(21)8-15(16)22)18(24-20)13-7-11(2)19-26-25-12(3)28(19)10-13/h5-10H,4H2,1-3H3,(H,23,24,27). The normalized spacial score (nSPS) is 11.7. The van der Waals surface area contributed by atoms with Crippen molar-refractivity contribution in [3.8, 4) is 22.8 Å². The van der Waals surface area contributed by atoms with E-state index in [1.807, 2.05) is 6.92 Å². The molecule has 4 aromatic rings. The number of rotatable bonds is 6. The Morgan fingerprint density at radius 1 is 1.12 bits per heavy atom. The lowest BCUT2D eigenvalue weighted by atomic mass is 10.1. The van der Waals surface area contributed by atoms with Crippen molar-refractivity contribution in [2.75, 3.05) is 10.5 Å². The summed E-state index contributed by atoms with van der Waals surface area (Å²) in [6, 6.07) is 4.65. The Morgan fingerprint density at radius 3 is 2.62 bits per heavy atom. The highest BCUT2D eigenvalue weighted by molar-refractivity contribution is 7.92. The van der Waals surface area contributed by atoms with Gasteiger partial charge in [-0.3, -0.25) is 9.12 Å². The molecule has 32 heavy (non-hydrogen) atoms. The Balaban J connectivity index is 1.87. The lowest BCUT2D eigenvalue weighted by Gasteiger charge is -2.14. The minimum absolute atomic E-state index is 0.0411. The van der Waals surface area contributed by atoms with Gasteiger partial charge in [-0.25, -0.2) is 27.2 Å². The molecule has 0 unspecified atom stereocenters. The van der Waals surface area contributed by atoms with Gasteiger partial charge in [0, 0.05) is 17.8 Å². The van der Waals surface area contributed by atoms with E-state index in [1.165, 1.54) is 13.1 Å². The summed E-state index contributed by atoms with van der Waals surface area (Å²) >= 11 is 0. The second-order valence-electron chi connectivity index (χ2n) is 6.94. The van der Waals surface area contributed by atoms with Crippen molar-refractivity contribution in [3.05, 3.63) is 59.7 Å². The summed E-state index contributed by atoms with van der Waals surface area (Å²) in [5.41, 5.74) is 2.13. The van der Waals surface area contributed by atoms with Crippen LogP contribution in [0, 0.1) is 25.5 Å². The number of nitrogens with one attached hydrogen (secondary N) is 1. The summed E-state index contributed by atoms with van der Waals surface area (Å²) in [5.74, 6) is -1.58. The molecule has 0 bridgehead atoms. The average Bonchev–Trinajstić information content (AvgIpc) is 3.12. The molecule has 0 aliphatic rings. The molecular formula is C20H18F2N6O3S. The number of aryl methyl sites for hydroxylation is 2. The zero-order chi connectivity index (χ0) is 23.0. The number of pyridine rings is 1. The molecular weight excluding hydrogens is 442 g/mol. The van der Waals surface area contributed by atoms with Crippen LogP contribution in [0.5, 0.6) is 11.5 Å². The third kappa shape index (κ3) is 4.21. The second-order valence-corrected chi connectivity index (χ2v) is 8.95. The zero-order valence-electron chi connectivity index (χ0n) is 17.3. The molecule has 4 rings (SSSR count). The smallest absolute Gasteiger partial charge is 0.237 e. The van der Waals surface area contributed by atoms with Crippen LogP contribution in [0.3, 0.4) is 0 Å². The van der Waals surface area contributed by atoms with Gasteiger partial charge in [0.15, 0.2) is 23.0 Å². The third-order valence-electron chi connectivity index (χ3n) is 4.63. The summed E-state index contributed by atoms with van der Waals surface area (Å²) in [7, 11) is -3.64. The lowest BCUT2D eigenvalue weighted by molar-refractivity contribution is 0.436. The molecule has 3 aromatic heterocycles. The molecule has 1 N–H and O–H groups in total. The first-order chi connectivity index (χ1) is 15.2. The Kier molecular flexibility index (Phi) is 5.46. The molecule has 3 heterocycles. The van der Waals surface area contributed by atoms with E-state index in [-0.39, 0.29) is 28.9 Å². The molecule has 0 spiro atoms. The summed E-state index contributed by atoms with van der Waals surface area (Å²) < 4.78 is 61.1. The predicted octanol–water partition coefficient (Wildman–Crippen LogP) is 3.64. The Morgan fingerprint density at radius 2 is 1.91 bits per heavy atom.